The van der Waals surface area contributed by atoms with Crippen molar-refractivity contribution in [3.8, 4) is 5.75 Å². The summed E-state index contributed by atoms with van der Waals surface area (Å²) < 4.78 is 20.4. The Labute approximate surface area is 149 Å². The summed E-state index contributed by atoms with van der Waals surface area (Å²) in [6.45, 7) is 0.113. The number of aromatic amines is 1. The van der Waals surface area contributed by atoms with Gasteiger partial charge < -0.3 is 9.72 Å². The molecule has 1 heterocycles. The van der Waals surface area contributed by atoms with E-state index in [-0.39, 0.29) is 23.3 Å². The molecule has 2 aromatic carbocycles. The predicted octanol–water partition coefficient (Wildman–Crippen LogP) is 4.60. The molecule has 0 saturated heterocycles. The molecule has 122 valence electrons. The van der Waals surface area contributed by atoms with Gasteiger partial charge in [0.1, 0.15) is 6.61 Å². The van der Waals surface area contributed by atoms with E-state index in [1.165, 1.54) is 12.3 Å². The maximum Gasteiger partial charge on any atom is 0.293 e. The molecule has 0 aliphatic rings. The van der Waals surface area contributed by atoms with Crippen LogP contribution in [0.5, 0.6) is 5.75 Å². The van der Waals surface area contributed by atoms with Gasteiger partial charge in [0, 0.05) is 10.7 Å². The van der Waals surface area contributed by atoms with Crippen molar-refractivity contribution in [2.45, 2.75) is 6.61 Å². The lowest BCUT2D eigenvalue weighted by Crippen LogP contribution is -2.07. The number of carbonyl (C=O) groups excluding carboxylic acids is 2. The van der Waals surface area contributed by atoms with Crippen LogP contribution in [0.3, 0.4) is 0 Å². The second kappa shape index (κ2) is 6.75. The van der Waals surface area contributed by atoms with Gasteiger partial charge in [0.25, 0.3) is 5.24 Å². The molecule has 1 N–H and O–H groups in total. The summed E-state index contributed by atoms with van der Waals surface area (Å²) in [4.78, 5) is 26.0. The van der Waals surface area contributed by atoms with Crippen LogP contribution in [-0.2, 0) is 11.4 Å². The minimum atomic E-state index is -1.15. The first-order chi connectivity index (χ1) is 11.5. The predicted molar refractivity (Wildman–Crippen MR) is 91.9 cm³/mol. The molecule has 0 spiro atoms. The minimum Gasteiger partial charge on any atom is -0.485 e. The average Bonchev–Trinajstić information content (AvgIpc) is 3.00. The summed E-state index contributed by atoms with van der Waals surface area (Å²) in [6, 6.07) is 10.4. The third kappa shape index (κ3) is 3.07. The van der Waals surface area contributed by atoms with Crippen molar-refractivity contribution in [1.82, 2.24) is 4.98 Å². The van der Waals surface area contributed by atoms with Crippen LogP contribution < -0.4 is 4.74 Å². The Morgan fingerprint density at radius 3 is 2.62 bits per heavy atom. The molecule has 0 fully saturated rings. The van der Waals surface area contributed by atoms with Gasteiger partial charge in [-0.2, -0.15) is 0 Å². The van der Waals surface area contributed by atoms with Gasteiger partial charge in [-0.3, -0.25) is 9.59 Å². The number of ketones is 1. The van der Waals surface area contributed by atoms with Gasteiger partial charge in [-0.15, -0.1) is 0 Å². The summed E-state index contributed by atoms with van der Waals surface area (Å²) in [7, 11) is 0. The van der Waals surface area contributed by atoms with Crippen molar-refractivity contribution in [1.29, 1.82) is 0 Å². The van der Waals surface area contributed by atoms with Crippen LogP contribution in [0.4, 0.5) is 4.39 Å². The number of carbonyl (C=O) groups is 2. The molecule has 0 saturated carbocycles. The quantitative estimate of drug-likeness (QED) is 0.380. The van der Waals surface area contributed by atoms with Crippen molar-refractivity contribution in [2.75, 3.05) is 0 Å². The molecule has 24 heavy (non-hydrogen) atoms. The number of Topliss-reactive ketones (excluding diaryl/α,β-unsaturated/α-hetero) is 1. The zero-order valence-corrected chi connectivity index (χ0v) is 14.4. The van der Waals surface area contributed by atoms with Crippen LogP contribution in [0, 0.1) is 5.82 Å². The van der Waals surface area contributed by atoms with Gasteiger partial charge in [0.2, 0.25) is 5.78 Å². The van der Waals surface area contributed by atoms with E-state index in [4.69, 9.17) is 16.3 Å². The van der Waals surface area contributed by atoms with Gasteiger partial charge in [-0.05, 0) is 39.2 Å². The Morgan fingerprint density at radius 1 is 1.25 bits per heavy atom. The van der Waals surface area contributed by atoms with Crippen LogP contribution in [0.2, 0.25) is 0 Å². The molecule has 0 unspecified atom stereocenters. The van der Waals surface area contributed by atoms with E-state index in [9.17, 15) is 14.0 Å². The third-order valence-corrected chi connectivity index (χ3v) is 4.26. The Bertz CT molecular complexity index is 940. The van der Waals surface area contributed by atoms with Crippen LogP contribution in [0.15, 0.2) is 47.1 Å². The summed E-state index contributed by atoms with van der Waals surface area (Å²) in [5.41, 5.74) is 1.25. The Hall–Kier alpha value is -2.18. The summed E-state index contributed by atoms with van der Waals surface area (Å²) in [5, 5.41) is -0.970. The van der Waals surface area contributed by atoms with E-state index >= 15 is 0 Å². The van der Waals surface area contributed by atoms with Crippen LogP contribution in [0.25, 0.3) is 10.9 Å². The summed E-state index contributed by atoms with van der Waals surface area (Å²) >= 11 is 8.50. The molecule has 0 radical (unpaired) electrons. The Kier molecular flexibility index (Phi) is 4.69. The Balaban J connectivity index is 2.10. The standard InChI is InChI=1S/C17H10BrClFNO3/c18-11-6-12(20)16(24-8-9-4-2-1-3-5-9)13-10(7-21-14(11)13)15(22)17(19)23/h1-7,21H,8H2. The first-order valence-corrected chi connectivity index (χ1v) is 8.06. The van der Waals surface area contributed by atoms with Gasteiger partial charge in [0.05, 0.1) is 16.5 Å². The largest absolute Gasteiger partial charge is 0.485 e. The number of fused-ring (bicyclic) bond motifs is 1. The molecule has 0 aliphatic heterocycles. The number of nitrogens with one attached hydrogen (secondary N) is 1. The number of hydrogen-bond acceptors (Lipinski definition) is 3. The fourth-order valence-corrected chi connectivity index (χ4v) is 2.99. The molecular weight excluding hydrogens is 401 g/mol. The van der Waals surface area contributed by atoms with Crippen molar-refractivity contribution in [2.24, 2.45) is 0 Å². The van der Waals surface area contributed by atoms with Crippen LogP contribution in [-0.4, -0.2) is 16.0 Å². The van der Waals surface area contributed by atoms with Crippen LogP contribution >= 0.6 is 27.5 Å². The number of halogens is 3. The molecular formula is C17H10BrClFNO3. The highest BCUT2D eigenvalue weighted by molar-refractivity contribution is 9.10. The maximum atomic E-state index is 14.4. The number of rotatable bonds is 5. The van der Waals surface area contributed by atoms with E-state index in [1.54, 1.807) is 0 Å². The molecule has 7 heteroatoms. The number of benzene rings is 2. The lowest BCUT2D eigenvalue weighted by atomic mass is 10.1. The summed E-state index contributed by atoms with van der Waals surface area (Å²) in [5.74, 6) is -1.69. The van der Waals surface area contributed by atoms with Crippen molar-refractivity contribution in [3.63, 3.8) is 0 Å². The van der Waals surface area contributed by atoms with Gasteiger partial charge in [-0.25, -0.2) is 4.39 Å². The van der Waals surface area contributed by atoms with Gasteiger partial charge in [-0.1, -0.05) is 30.3 Å². The monoisotopic (exact) mass is 409 g/mol. The van der Waals surface area contributed by atoms with E-state index in [0.717, 1.165) is 5.56 Å². The maximum absolute atomic E-state index is 14.4. The molecule has 0 aliphatic carbocycles. The first-order valence-electron chi connectivity index (χ1n) is 6.89. The highest BCUT2D eigenvalue weighted by Crippen LogP contribution is 2.37. The van der Waals surface area contributed by atoms with E-state index < -0.39 is 16.8 Å². The Morgan fingerprint density at radius 2 is 1.96 bits per heavy atom. The second-order valence-corrected chi connectivity index (χ2v) is 6.20. The van der Waals surface area contributed by atoms with Gasteiger partial charge in [0.15, 0.2) is 11.6 Å². The minimum absolute atomic E-state index is 0.0340. The third-order valence-electron chi connectivity index (χ3n) is 3.47. The highest BCUT2D eigenvalue weighted by Gasteiger charge is 2.24. The zero-order chi connectivity index (χ0) is 17.3. The van der Waals surface area contributed by atoms with E-state index in [0.29, 0.717) is 9.99 Å². The zero-order valence-electron chi connectivity index (χ0n) is 12.1. The number of H-pyrrole nitrogens is 1. The fraction of sp³-hybridized carbons (Fsp3) is 0.0588. The summed E-state index contributed by atoms with van der Waals surface area (Å²) in [6.07, 6.45) is 1.31. The van der Waals surface area contributed by atoms with Gasteiger partial charge >= 0.3 is 0 Å². The molecule has 0 atom stereocenters. The number of aromatic nitrogens is 1. The average molecular weight is 411 g/mol. The number of ether oxygens (including phenoxy) is 1. The van der Waals surface area contributed by atoms with Crippen molar-refractivity contribution in [3.05, 3.63) is 64.0 Å². The van der Waals surface area contributed by atoms with Crippen molar-refractivity contribution >= 4 is 49.5 Å². The fourth-order valence-electron chi connectivity index (χ4n) is 2.37. The SMILES string of the molecule is O=C(Cl)C(=O)c1c[nH]c2c(Br)cc(F)c(OCc3ccccc3)c12. The normalized spacial score (nSPS) is 10.8. The molecule has 3 aromatic rings. The molecule has 0 bridgehead atoms. The molecule has 4 nitrogen and oxygen atoms in total. The molecule has 3 rings (SSSR count). The smallest absolute Gasteiger partial charge is 0.293 e. The second-order valence-electron chi connectivity index (χ2n) is 5.00. The number of hydrogen-bond donors (Lipinski definition) is 1. The topological polar surface area (TPSA) is 59.2 Å². The first kappa shape index (κ1) is 16.7. The lowest BCUT2D eigenvalue weighted by Gasteiger charge is -2.11. The lowest BCUT2D eigenvalue weighted by molar-refractivity contribution is -0.108. The molecule has 0 amide bonds. The van der Waals surface area contributed by atoms with Crippen LogP contribution in [0.1, 0.15) is 15.9 Å². The molecule has 1 aromatic heterocycles. The highest BCUT2D eigenvalue weighted by atomic mass is 79.9. The van der Waals surface area contributed by atoms with E-state index in [2.05, 4.69) is 20.9 Å². The van der Waals surface area contributed by atoms with E-state index in [1.807, 2.05) is 30.3 Å². The van der Waals surface area contributed by atoms with Crippen molar-refractivity contribution < 1.29 is 18.7 Å².